The van der Waals surface area contributed by atoms with Crippen LogP contribution in [0.4, 0.5) is 4.39 Å². The molecule has 2 N–H and O–H groups in total. The van der Waals surface area contributed by atoms with E-state index in [0.29, 0.717) is 6.54 Å². The summed E-state index contributed by atoms with van der Waals surface area (Å²) in [5, 5.41) is 8.69. The van der Waals surface area contributed by atoms with E-state index in [1.165, 1.54) is 6.07 Å². The van der Waals surface area contributed by atoms with Gasteiger partial charge in [0, 0.05) is 18.5 Å². The zero-order valence-electron chi connectivity index (χ0n) is 12.2. The highest BCUT2D eigenvalue weighted by molar-refractivity contribution is 7.89. The summed E-state index contributed by atoms with van der Waals surface area (Å²) in [4.78, 5) is -0.0438. The number of rotatable bonds is 6. The van der Waals surface area contributed by atoms with Crippen molar-refractivity contribution in [3.05, 3.63) is 29.6 Å². The van der Waals surface area contributed by atoms with Gasteiger partial charge in [-0.3, -0.25) is 0 Å². The predicted molar refractivity (Wildman–Crippen MR) is 79.6 cm³/mol. The molecule has 0 amide bonds. The average Bonchev–Trinajstić information content (AvgIpc) is 2.45. The summed E-state index contributed by atoms with van der Waals surface area (Å²) in [6, 6.07) is 3.38. The van der Waals surface area contributed by atoms with Crippen molar-refractivity contribution < 1.29 is 17.9 Å². The fraction of sp³-hybridized carbons (Fsp3) is 0.467. The normalized spacial score (nSPS) is 12.6. The van der Waals surface area contributed by atoms with E-state index in [2.05, 4.69) is 16.6 Å². The SMILES string of the molecule is CCC(C)CNS(=O)(=O)c1ccc(F)cc1C#CCCO. The Morgan fingerprint density at radius 3 is 2.76 bits per heavy atom. The van der Waals surface area contributed by atoms with Crippen LogP contribution in [0.2, 0.25) is 0 Å². The fourth-order valence-electron chi connectivity index (χ4n) is 1.52. The first-order valence-corrected chi connectivity index (χ1v) is 8.28. The van der Waals surface area contributed by atoms with E-state index in [1.54, 1.807) is 0 Å². The Labute approximate surface area is 125 Å². The van der Waals surface area contributed by atoms with Crippen LogP contribution in [0.25, 0.3) is 0 Å². The van der Waals surface area contributed by atoms with Gasteiger partial charge in [-0.15, -0.1) is 0 Å². The molecule has 0 aliphatic rings. The molecule has 0 saturated heterocycles. The number of hydrogen-bond donors (Lipinski definition) is 2. The minimum absolute atomic E-state index is 0.0438. The van der Waals surface area contributed by atoms with Gasteiger partial charge in [-0.1, -0.05) is 32.1 Å². The maximum atomic E-state index is 13.3. The number of aliphatic hydroxyl groups excluding tert-OH is 1. The highest BCUT2D eigenvalue weighted by Crippen LogP contribution is 2.16. The smallest absolute Gasteiger partial charge is 0.241 e. The van der Waals surface area contributed by atoms with Crippen molar-refractivity contribution >= 4 is 10.0 Å². The van der Waals surface area contributed by atoms with Gasteiger partial charge in [0.25, 0.3) is 0 Å². The molecular formula is C15H20FNO3S. The second-order valence-corrected chi connectivity index (χ2v) is 6.52. The molecule has 0 aliphatic carbocycles. The zero-order chi connectivity index (χ0) is 15.9. The van der Waals surface area contributed by atoms with Crippen LogP contribution in [0.15, 0.2) is 23.1 Å². The minimum Gasteiger partial charge on any atom is -0.395 e. The van der Waals surface area contributed by atoms with Gasteiger partial charge < -0.3 is 5.11 Å². The molecule has 1 aromatic carbocycles. The third-order valence-electron chi connectivity index (χ3n) is 3.01. The molecule has 0 saturated carbocycles. The predicted octanol–water partition coefficient (Wildman–Crippen LogP) is 1.88. The van der Waals surface area contributed by atoms with E-state index in [9.17, 15) is 12.8 Å². The van der Waals surface area contributed by atoms with Gasteiger partial charge in [0.1, 0.15) is 5.82 Å². The molecule has 1 rings (SSSR count). The lowest BCUT2D eigenvalue weighted by molar-refractivity contribution is 0.305. The Kier molecular flexibility index (Phi) is 6.82. The fourth-order valence-corrected chi connectivity index (χ4v) is 2.83. The highest BCUT2D eigenvalue weighted by atomic mass is 32.2. The van der Waals surface area contributed by atoms with E-state index in [4.69, 9.17) is 5.11 Å². The highest BCUT2D eigenvalue weighted by Gasteiger charge is 2.18. The van der Waals surface area contributed by atoms with Gasteiger partial charge >= 0.3 is 0 Å². The second-order valence-electron chi connectivity index (χ2n) is 4.78. The molecule has 0 bridgehead atoms. The Hall–Kier alpha value is -1.42. The van der Waals surface area contributed by atoms with Crippen molar-refractivity contribution in [1.82, 2.24) is 4.72 Å². The van der Waals surface area contributed by atoms with Crippen molar-refractivity contribution in [1.29, 1.82) is 0 Å². The third-order valence-corrected chi connectivity index (χ3v) is 4.49. The molecule has 0 fully saturated rings. The number of sulfonamides is 1. The van der Waals surface area contributed by atoms with Gasteiger partial charge in [-0.2, -0.15) is 0 Å². The monoisotopic (exact) mass is 313 g/mol. The maximum absolute atomic E-state index is 13.3. The minimum atomic E-state index is -3.73. The quantitative estimate of drug-likeness (QED) is 0.788. The standard InChI is InChI=1S/C15H20FNO3S/c1-3-12(2)11-17-21(19,20)15-8-7-14(16)10-13(15)6-4-5-9-18/h7-8,10,12,17-18H,3,5,9,11H2,1-2H3. The number of benzene rings is 1. The summed E-state index contributed by atoms with van der Waals surface area (Å²) in [6.07, 6.45) is 1.06. The van der Waals surface area contributed by atoms with Gasteiger partial charge in [0.2, 0.25) is 10.0 Å². The van der Waals surface area contributed by atoms with Crippen molar-refractivity contribution in [2.24, 2.45) is 5.92 Å². The van der Waals surface area contributed by atoms with E-state index >= 15 is 0 Å². The topological polar surface area (TPSA) is 66.4 Å². The number of hydrogen-bond acceptors (Lipinski definition) is 3. The van der Waals surface area contributed by atoms with Crippen LogP contribution in [0.5, 0.6) is 0 Å². The van der Waals surface area contributed by atoms with Crippen LogP contribution < -0.4 is 4.72 Å². The summed E-state index contributed by atoms with van der Waals surface area (Å²) < 4.78 is 40.3. The molecular weight excluding hydrogens is 293 g/mol. The number of aliphatic hydroxyl groups is 1. The first-order chi connectivity index (χ1) is 9.90. The Balaban J connectivity index is 3.08. The van der Waals surface area contributed by atoms with Crippen molar-refractivity contribution in [2.75, 3.05) is 13.2 Å². The van der Waals surface area contributed by atoms with Crippen molar-refractivity contribution in [2.45, 2.75) is 31.6 Å². The lowest BCUT2D eigenvalue weighted by atomic mass is 10.1. The third kappa shape index (κ3) is 5.46. The van der Waals surface area contributed by atoms with Gasteiger partial charge in [0.15, 0.2) is 0 Å². The van der Waals surface area contributed by atoms with Crippen LogP contribution in [0.1, 0.15) is 32.3 Å². The summed E-state index contributed by atoms with van der Waals surface area (Å²) in [5.41, 5.74) is 0.0973. The van der Waals surface area contributed by atoms with E-state index in [-0.39, 0.29) is 29.4 Å². The Morgan fingerprint density at radius 1 is 1.43 bits per heavy atom. The Morgan fingerprint density at radius 2 is 2.14 bits per heavy atom. The van der Waals surface area contributed by atoms with Crippen LogP contribution >= 0.6 is 0 Å². The molecule has 0 aliphatic heterocycles. The number of nitrogens with one attached hydrogen (secondary N) is 1. The van der Waals surface area contributed by atoms with Gasteiger partial charge in [0.05, 0.1) is 11.5 Å². The molecule has 0 radical (unpaired) electrons. The second kappa shape index (κ2) is 8.13. The molecule has 21 heavy (non-hydrogen) atoms. The first-order valence-electron chi connectivity index (χ1n) is 6.79. The van der Waals surface area contributed by atoms with Crippen LogP contribution in [-0.4, -0.2) is 26.7 Å². The van der Waals surface area contributed by atoms with Crippen molar-refractivity contribution in [3.63, 3.8) is 0 Å². The summed E-state index contributed by atoms with van der Waals surface area (Å²) in [6.45, 7) is 4.11. The summed E-state index contributed by atoms with van der Waals surface area (Å²) in [5.74, 6) is 4.86. The molecule has 1 atom stereocenters. The summed E-state index contributed by atoms with van der Waals surface area (Å²) in [7, 11) is -3.73. The zero-order valence-corrected chi connectivity index (χ0v) is 13.0. The Bertz CT molecular complexity index is 632. The van der Waals surface area contributed by atoms with Crippen molar-refractivity contribution in [3.8, 4) is 11.8 Å². The maximum Gasteiger partial charge on any atom is 0.241 e. The average molecular weight is 313 g/mol. The van der Waals surface area contributed by atoms with Crippen LogP contribution in [0.3, 0.4) is 0 Å². The van der Waals surface area contributed by atoms with E-state index in [0.717, 1.165) is 18.6 Å². The summed E-state index contributed by atoms with van der Waals surface area (Å²) >= 11 is 0. The lowest BCUT2D eigenvalue weighted by Gasteiger charge is -2.12. The van der Waals surface area contributed by atoms with Gasteiger partial charge in [-0.05, 0) is 24.1 Å². The van der Waals surface area contributed by atoms with E-state index < -0.39 is 15.8 Å². The molecule has 4 nitrogen and oxygen atoms in total. The molecule has 1 aromatic rings. The molecule has 0 heterocycles. The molecule has 116 valence electrons. The molecule has 6 heteroatoms. The van der Waals surface area contributed by atoms with E-state index in [1.807, 2.05) is 13.8 Å². The van der Waals surface area contributed by atoms with Crippen LogP contribution in [-0.2, 0) is 10.0 Å². The molecule has 1 unspecified atom stereocenters. The van der Waals surface area contributed by atoms with Crippen LogP contribution in [0, 0.1) is 23.6 Å². The largest absolute Gasteiger partial charge is 0.395 e. The first kappa shape index (κ1) is 17.6. The lowest BCUT2D eigenvalue weighted by Crippen LogP contribution is -2.28. The molecule has 0 aromatic heterocycles. The molecule has 0 spiro atoms. The van der Waals surface area contributed by atoms with Gasteiger partial charge in [-0.25, -0.2) is 17.5 Å². The number of halogens is 1.